The largest absolute Gasteiger partial charge is 0.394 e. The number of hydrogen-bond acceptors (Lipinski definition) is 6. The zero-order chi connectivity index (χ0) is 15.7. The number of aliphatic hydroxyl groups excluding tert-OH is 3. The lowest BCUT2D eigenvalue weighted by molar-refractivity contribution is -0.334. The quantitative estimate of drug-likeness (QED) is 0.699. The summed E-state index contributed by atoms with van der Waals surface area (Å²) in [5.74, 6) is 0. The summed E-state index contributed by atoms with van der Waals surface area (Å²) in [5.41, 5.74) is -1.07. The van der Waals surface area contributed by atoms with Crippen molar-refractivity contribution in [2.45, 2.75) is 83.5 Å². The standard InChI is InChI=1S/C14H28O6/c1-13(2,3)19-11-8(7-15)18-12(10(17)9(11)16)20-14(4,5)6/h8-12,15-17H,7H2,1-6H3/t8?,9?,10-,11+,12?/m0/s1. The van der Waals surface area contributed by atoms with Crippen molar-refractivity contribution in [1.29, 1.82) is 0 Å². The lowest BCUT2D eigenvalue weighted by atomic mass is 9.97. The molecular formula is C14H28O6. The van der Waals surface area contributed by atoms with E-state index in [0.29, 0.717) is 0 Å². The van der Waals surface area contributed by atoms with E-state index in [1.807, 2.05) is 41.5 Å². The molecule has 1 aliphatic rings. The van der Waals surface area contributed by atoms with Gasteiger partial charge in [-0.2, -0.15) is 0 Å². The molecule has 6 nitrogen and oxygen atoms in total. The van der Waals surface area contributed by atoms with Crippen LogP contribution in [-0.2, 0) is 14.2 Å². The average Bonchev–Trinajstić information content (AvgIpc) is 2.25. The molecule has 0 bridgehead atoms. The Morgan fingerprint density at radius 2 is 1.40 bits per heavy atom. The number of aliphatic hydroxyl groups is 3. The molecular weight excluding hydrogens is 264 g/mol. The third kappa shape index (κ3) is 4.95. The number of hydrogen-bond donors (Lipinski definition) is 3. The second-order valence-corrected chi connectivity index (χ2v) is 7.13. The summed E-state index contributed by atoms with van der Waals surface area (Å²) in [4.78, 5) is 0. The fraction of sp³-hybridized carbons (Fsp3) is 1.00. The molecule has 1 rings (SSSR count). The molecule has 0 aliphatic carbocycles. The van der Waals surface area contributed by atoms with Gasteiger partial charge in [-0.25, -0.2) is 0 Å². The third-order valence-electron chi connectivity index (χ3n) is 2.78. The lowest BCUT2D eigenvalue weighted by Crippen LogP contribution is -2.62. The highest BCUT2D eigenvalue weighted by Crippen LogP contribution is 2.29. The average molecular weight is 292 g/mol. The molecule has 0 aromatic carbocycles. The van der Waals surface area contributed by atoms with Crippen molar-refractivity contribution in [2.75, 3.05) is 6.61 Å². The molecule has 1 saturated heterocycles. The maximum atomic E-state index is 10.2. The lowest BCUT2D eigenvalue weighted by Gasteiger charge is -2.45. The number of ether oxygens (including phenoxy) is 3. The maximum Gasteiger partial charge on any atom is 0.187 e. The maximum absolute atomic E-state index is 10.2. The first-order valence-electron chi connectivity index (χ1n) is 6.93. The molecule has 1 aliphatic heterocycles. The molecule has 0 aromatic heterocycles. The van der Waals surface area contributed by atoms with Crippen molar-refractivity contribution in [2.24, 2.45) is 0 Å². The van der Waals surface area contributed by atoms with Crippen LogP contribution in [0, 0.1) is 0 Å². The molecule has 3 unspecified atom stereocenters. The van der Waals surface area contributed by atoms with Gasteiger partial charge < -0.3 is 29.5 Å². The van der Waals surface area contributed by atoms with Crippen LogP contribution >= 0.6 is 0 Å². The molecule has 0 spiro atoms. The zero-order valence-electron chi connectivity index (χ0n) is 13.2. The van der Waals surface area contributed by atoms with E-state index in [0.717, 1.165) is 0 Å². The SMILES string of the molecule is CC(C)(C)OC1OC(CO)[C@@H](OC(C)(C)C)C(O)[C@@H]1O. The summed E-state index contributed by atoms with van der Waals surface area (Å²) in [5, 5.41) is 29.8. The van der Waals surface area contributed by atoms with Gasteiger partial charge in [-0.05, 0) is 41.5 Å². The van der Waals surface area contributed by atoms with Crippen molar-refractivity contribution < 1.29 is 29.5 Å². The van der Waals surface area contributed by atoms with Crippen LogP contribution < -0.4 is 0 Å². The monoisotopic (exact) mass is 292 g/mol. The first kappa shape index (κ1) is 17.8. The Morgan fingerprint density at radius 1 is 0.900 bits per heavy atom. The van der Waals surface area contributed by atoms with E-state index in [1.54, 1.807) is 0 Å². The topological polar surface area (TPSA) is 88.4 Å². The smallest absolute Gasteiger partial charge is 0.187 e. The molecule has 0 aromatic rings. The van der Waals surface area contributed by atoms with Gasteiger partial charge in [0.25, 0.3) is 0 Å². The molecule has 0 saturated carbocycles. The minimum absolute atomic E-state index is 0.325. The first-order chi connectivity index (χ1) is 8.94. The minimum atomic E-state index is -1.23. The molecule has 0 radical (unpaired) electrons. The van der Waals surface area contributed by atoms with Gasteiger partial charge in [0.15, 0.2) is 6.29 Å². The van der Waals surface area contributed by atoms with Crippen LogP contribution in [-0.4, -0.2) is 63.8 Å². The van der Waals surface area contributed by atoms with E-state index < -0.39 is 41.9 Å². The summed E-state index contributed by atoms with van der Waals surface area (Å²) in [6, 6.07) is 0. The predicted molar refractivity (Wildman–Crippen MR) is 73.2 cm³/mol. The van der Waals surface area contributed by atoms with Crippen LogP contribution in [0.25, 0.3) is 0 Å². The van der Waals surface area contributed by atoms with Gasteiger partial charge in [0.1, 0.15) is 24.4 Å². The summed E-state index contributed by atoms with van der Waals surface area (Å²) in [7, 11) is 0. The highest BCUT2D eigenvalue weighted by atomic mass is 16.7. The van der Waals surface area contributed by atoms with Gasteiger partial charge in [0.05, 0.1) is 17.8 Å². The predicted octanol–water partition coefficient (Wildman–Crippen LogP) is 0.424. The highest BCUT2D eigenvalue weighted by Gasteiger charge is 2.47. The Kier molecular flexibility index (Phi) is 5.57. The molecule has 0 amide bonds. The Bertz CT molecular complexity index is 304. The summed E-state index contributed by atoms with van der Waals surface area (Å²) in [6.45, 7) is 10.6. The minimum Gasteiger partial charge on any atom is -0.394 e. The molecule has 1 fully saturated rings. The van der Waals surface area contributed by atoms with Crippen molar-refractivity contribution >= 4 is 0 Å². The van der Waals surface area contributed by atoms with E-state index >= 15 is 0 Å². The van der Waals surface area contributed by atoms with Crippen LogP contribution in [0.5, 0.6) is 0 Å². The second kappa shape index (κ2) is 6.25. The number of rotatable bonds is 3. The van der Waals surface area contributed by atoms with E-state index in [4.69, 9.17) is 14.2 Å². The van der Waals surface area contributed by atoms with Gasteiger partial charge >= 0.3 is 0 Å². The van der Waals surface area contributed by atoms with E-state index in [1.165, 1.54) is 0 Å². The van der Waals surface area contributed by atoms with Gasteiger partial charge in [-0.15, -0.1) is 0 Å². The zero-order valence-corrected chi connectivity index (χ0v) is 13.2. The Labute approximate surface area is 120 Å². The van der Waals surface area contributed by atoms with Gasteiger partial charge in [-0.3, -0.25) is 0 Å². The van der Waals surface area contributed by atoms with Crippen molar-refractivity contribution in [3.8, 4) is 0 Å². The molecule has 6 heteroatoms. The van der Waals surface area contributed by atoms with Crippen LogP contribution in [0.4, 0.5) is 0 Å². The van der Waals surface area contributed by atoms with E-state index in [9.17, 15) is 15.3 Å². The highest BCUT2D eigenvalue weighted by molar-refractivity contribution is 4.92. The Hall–Kier alpha value is -0.240. The first-order valence-corrected chi connectivity index (χ1v) is 6.93. The van der Waals surface area contributed by atoms with Crippen LogP contribution in [0.3, 0.4) is 0 Å². The van der Waals surface area contributed by atoms with E-state index in [-0.39, 0.29) is 6.61 Å². The second-order valence-electron chi connectivity index (χ2n) is 7.13. The molecule has 20 heavy (non-hydrogen) atoms. The third-order valence-corrected chi connectivity index (χ3v) is 2.78. The fourth-order valence-corrected chi connectivity index (χ4v) is 2.05. The van der Waals surface area contributed by atoms with E-state index in [2.05, 4.69) is 0 Å². The van der Waals surface area contributed by atoms with Crippen molar-refractivity contribution in [3.63, 3.8) is 0 Å². The van der Waals surface area contributed by atoms with Crippen molar-refractivity contribution in [3.05, 3.63) is 0 Å². The summed E-state index contributed by atoms with van der Waals surface area (Å²) in [6.07, 6.45) is -4.98. The normalized spacial score (nSPS) is 36.1. The Morgan fingerprint density at radius 3 is 1.80 bits per heavy atom. The van der Waals surface area contributed by atoms with Crippen LogP contribution in [0.1, 0.15) is 41.5 Å². The molecule has 5 atom stereocenters. The molecule has 1 heterocycles. The molecule has 3 N–H and O–H groups in total. The Balaban J connectivity index is 2.84. The van der Waals surface area contributed by atoms with Crippen molar-refractivity contribution in [1.82, 2.24) is 0 Å². The fourth-order valence-electron chi connectivity index (χ4n) is 2.05. The molecule has 120 valence electrons. The van der Waals surface area contributed by atoms with Crippen LogP contribution in [0.15, 0.2) is 0 Å². The van der Waals surface area contributed by atoms with Gasteiger partial charge in [0.2, 0.25) is 0 Å². The van der Waals surface area contributed by atoms with Crippen LogP contribution in [0.2, 0.25) is 0 Å². The van der Waals surface area contributed by atoms with Gasteiger partial charge in [0, 0.05) is 0 Å². The summed E-state index contributed by atoms with van der Waals surface area (Å²) < 4.78 is 16.8. The summed E-state index contributed by atoms with van der Waals surface area (Å²) >= 11 is 0. The van der Waals surface area contributed by atoms with Gasteiger partial charge in [-0.1, -0.05) is 0 Å².